The zero-order valence-electron chi connectivity index (χ0n) is 10.00. The van der Waals surface area contributed by atoms with E-state index < -0.39 is 0 Å². The lowest BCUT2D eigenvalue weighted by atomic mass is 10.2. The highest BCUT2D eigenvalue weighted by Crippen LogP contribution is 2.25. The fourth-order valence-corrected chi connectivity index (χ4v) is 2.06. The summed E-state index contributed by atoms with van der Waals surface area (Å²) in [5, 5.41) is 0.941. The van der Waals surface area contributed by atoms with E-state index >= 15 is 0 Å². The van der Waals surface area contributed by atoms with Crippen molar-refractivity contribution in [2.75, 3.05) is 0 Å². The Labute approximate surface area is 120 Å². The van der Waals surface area contributed by atoms with Gasteiger partial charge in [-0.15, -0.1) is 0 Å². The van der Waals surface area contributed by atoms with Gasteiger partial charge >= 0.3 is 0 Å². The van der Waals surface area contributed by atoms with Crippen LogP contribution in [0.4, 0.5) is 4.39 Å². The van der Waals surface area contributed by atoms with Gasteiger partial charge in [0.15, 0.2) is 0 Å². The minimum atomic E-state index is -0.372. The smallest absolute Gasteiger partial charge is 0.124 e. The predicted octanol–water partition coefficient (Wildman–Crippen LogP) is 4.17. The summed E-state index contributed by atoms with van der Waals surface area (Å²) in [5.41, 5.74) is 7.14. The van der Waals surface area contributed by atoms with Crippen molar-refractivity contribution in [3.8, 4) is 5.75 Å². The average molecular weight is 300 g/mol. The lowest BCUT2D eigenvalue weighted by Gasteiger charge is -2.11. The first-order chi connectivity index (χ1) is 9.10. The number of benzene rings is 2. The Morgan fingerprint density at radius 3 is 2.53 bits per heavy atom. The maximum Gasteiger partial charge on any atom is 0.124 e. The Kier molecular flexibility index (Phi) is 4.64. The van der Waals surface area contributed by atoms with Gasteiger partial charge in [0, 0.05) is 22.7 Å². The molecule has 2 aromatic rings. The van der Waals surface area contributed by atoms with E-state index in [0.29, 0.717) is 27.9 Å². The SMILES string of the molecule is NCc1cc(Cl)ccc1OCc1ccc(F)cc1Cl. The predicted molar refractivity (Wildman–Crippen MR) is 75.1 cm³/mol. The Hall–Kier alpha value is -1.29. The zero-order valence-corrected chi connectivity index (χ0v) is 11.5. The number of ether oxygens (including phenoxy) is 1. The Morgan fingerprint density at radius 2 is 1.84 bits per heavy atom. The quantitative estimate of drug-likeness (QED) is 0.919. The van der Waals surface area contributed by atoms with E-state index in [0.717, 1.165) is 5.56 Å². The summed E-state index contributed by atoms with van der Waals surface area (Å²) in [6.45, 7) is 0.570. The van der Waals surface area contributed by atoms with Crippen LogP contribution in [0.5, 0.6) is 5.75 Å². The number of halogens is 3. The second-order valence-corrected chi connectivity index (χ2v) is 4.82. The van der Waals surface area contributed by atoms with Crippen LogP contribution in [0.3, 0.4) is 0 Å². The summed E-state index contributed by atoms with van der Waals surface area (Å²) in [7, 11) is 0. The molecule has 2 nitrogen and oxygen atoms in total. The molecular formula is C14H12Cl2FNO. The monoisotopic (exact) mass is 299 g/mol. The number of hydrogen-bond acceptors (Lipinski definition) is 2. The van der Waals surface area contributed by atoms with Gasteiger partial charge in [-0.25, -0.2) is 4.39 Å². The number of nitrogens with two attached hydrogens (primary N) is 1. The summed E-state index contributed by atoms with van der Waals surface area (Å²) in [6, 6.07) is 9.42. The van der Waals surface area contributed by atoms with Crippen LogP contribution in [0.15, 0.2) is 36.4 Å². The van der Waals surface area contributed by atoms with Crippen LogP contribution in [0.25, 0.3) is 0 Å². The minimum Gasteiger partial charge on any atom is -0.489 e. The van der Waals surface area contributed by atoms with E-state index in [9.17, 15) is 4.39 Å². The van der Waals surface area contributed by atoms with E-state index in [4.69, 9.17) is 33.7 Å². The largest absolute Gasteiger partial charge is 0.489 e. The molecule has 2 rings (SSSR count). The maximum atomic E-state index is 12.9. The highest BCUT2D eigenvalue weighted by molar-refractivity contribution is 6.31. The Morgan fingerprint density at radius 1 is 1.05 bits per heavy atom. The van der Waals surface area contributed by atoms with Crippen molar-refractivity contribution in [2.45, 2.75) is 13.2 Å². The molecular weight excluding hydrogens is 288 g/mol. The lowest BCUT2D eigenvalue weighted by Crippen LogP contribution is -2.03. The third-order valence-electron chi connectivity index (χ3n) is 2.64. The van der Waals surface area contributed by atoms with Crippen LogP contribution in [-0.2, 0) is 13.2 Å². The summed E-state index contributed by atoms with van der Waals surface area (Å²) >= 11 is 11.8. The standard InChI is InChI=1S/C14H12Cl2FNO/c15-11-2-4-14(10(5-11)7-18)19-8-9-1-3-12(17)6-13(9)16/h1-6H,7-8,18H2. The van der Waals surface area contributed by atoms with E-state index in [2.05, 4.69) is 0 Å². The van der Waals surface area contributed by atoms with Crippen molar-refractivity contribution in [3.05, 3.63) is 63.4 Å². The van der Waals surface area contributed by atoms with Crippen molar-refractivity contribution in [1.29, 1.82) is 0 Å². The molecule has 0 aromatic heterocycles. The van der Waals surface area contributed by atoms with Gasteiger partial charge in [-0.3, -0.25) is 0 Å². The van der Waals surface area contributed by atoms with Crippen LogP contribution >= 0.6 is 23.2 Å². The van der Waals surface area contributed by atoms with Crippen LogP contribution in [0, 0.1) is 5.82 Å². The third-order valence-corrected chi connectivity index (χ3v) is 3.23. The van der Waals surface area contributed by atoms with Crippen molar-refractivity contribution in [2.24, 2.45) is 5.73 Å². The third kappa shape index (κ3) is 3.60. The molecule has 0 aliphatic rings. The van der Waals surface area contributed by atoms with E-state index in [-0.39, 0.29) is 12.4 Å². The van der Waals surface area contributed by atoms with E-state index in [1.54, 1.807) is 24.3 Å². The minimum absolute atomic E-state index is 0.244. The number of hydrogen-bond donors (Lipinski definition) is 1. The van der Waals surface area contributed by atoms with Gasteiger partial charge in [0.1, 0.15) is 18.2 Å². The van der Waals surface area contributed by atoms with Gasteiger partial charge < -0.3 is 10.5 Å². The molecule has 0 unspecified atom stereocenters. The molecule has 0 saturated heterocycles. The average Bonchev–Trinajstić information content (AvgIpc) is 2.39. The van der Waals surface area contributed by atoms with Gasteiger partial charge in [-0.1, -0.05) is 29.3 Å². The molecule has 0 atom stereocenters. The highest BCUT2D eigenvalue weighted by Gasteiger charge is 2.06. The molecule has 2 aromatic carbocycles. The van der Waals surface area contributed by atoms with Crippen LogP contribution in [0.2, 0.25) is 10.0 Å². The van der Waals surface area contributed by atoms with Gasteiger partial charge in [0.25, 0.3) is 0 Å². The molecule has 0 saturated carbocycles. The molecule has 0 aliphatic heterocycles. The Balaban J connectivity index is 2.14. The summed E-state index contributed by atoms with van der Waals surface area (Å²) in [5.74, 6) is 0.273. The zero-order chi connectivity index (χ0) is 13.8. The van der Waals surface area contributed by atoms with Gasteiger partial charge in [0.05, 0.1) is 5.02 Å². The summed E-state index contributed by atoms with van der Waals surface area (Å²) in [6.07, 6.45) is 0. The van der Waals surface area contributed by atoms with Crippen LogP contribution in [0.1, 0.15) is 11.1 Å². The topological polar surface area (TPSA) is 35.2 Å². The molecule has 0 aliphatic carbocycles. The van der Waals surface area contributed by atoms with Crippen molar-refractivity contribution >= 4 is 23.2 Å². The first kappa shape index (κ1) is 14.1. The first-order valence-electron chi connectivity index (χ1n) is 5.65. The molecule has 100 valence electrons. The summed E-state index contributed by atoms with van der Waals surface area (Å²) in [4.78, 5) is 0. The number of rotatable bonds is 4. The van der Waals surface area contributed by atoms with Crippen molar-refractivity contribution in [3.63, 3.8) is 0 Å². The second kappa shape index (κ2) is 6.24. The summed E-state index contributed by atoms with van der Waals surface area (Å²) < 4.78 is 18.6. The molecule has 0 spiro atoms. The fraction of sp³-hybridized carbons (Fsp3) is 0.143. The molecule has 0 fully saturated rings. The van der Waals surface area contributed by atoms with Crippen molar-refractivity contribution in [1.82, 2.24) is 0 Å². The second-order valence-electron chi connectivity index (χ2n) is 3.98. The molecule has 0 amide bonds. The normalized spacial score (nSPS) is 10.5. The Bertz CT molecular complexity index is 590. The molecule has 0 bridgehead atoms. The van der Waals surface area contributed by atoms with E-state index in [1.165, 1.54) is 12.1 Å². The molecule has 0 radical (unpaired) electrons. The molecule has 0 heterocycles. The molecule has 5 heteroatoms. The lowest BCUT2D eigenvalue weighted by molar-refractivity contribution is 0.303. The van der Waals surface area contributed by atoms with Gasteiger partial charge in [0.2, 0.25) is 0 Å². The highest BCUT2D eigenvalue weighted by atomic mass is 35.5. The van der Waals surface area contributed by atoms with Crippen molar-refractivity contribution < 1.29 is 9.13 Å². The van der Waals surface area contributed by atoms with Crippen LogP contribution in [-0.4, -0.2) is 0 Å². The molecule has 2 N–H and O–H groups in total. The van der Waals surface area contributed by atoms with Gasteiger partial charge in [-0.05, 0) is 30.3 Å². The van der Waals surface area contributed by atoms with E-state index in [1.807, 2.05) is 0 Å². The van der Waals surface area contributed by atoms with Gasteiger partial charge in [-0.2, -0.15) is 0 Å². The maximum absolute atomic E-state index is 12.9. The fourth-order valence-electron chi connectivity index (χ4n) is 1.64. The van der Waals surface area contributed by atoms with Crippen LogP contribution < -0.4 is 10.5 Å². The first-order valence-corrected chi connectivity index (χ1v) is 6.41. The molecule has 19 heavy (non-hydrogen) atoms.